The molecule has 0 fully saturated rings. The van der Waals surface area contributed by atoms with Crippen molar-refractivity contribution in [1.29, 1.82) is 0 Å². The Bertz CT molecular complexity index is 1140. The molecule has 3 aromatic carbocycles. The maximum atomic E-state index is 12.8. The van der Waals surface area contributed by atoms with E-state index in [1.54, 1.807) is 0 Å². The van der Waals surface area contributed by atoms with Crippen LogP contribution in [-0.4, -0.2) is 24.9 Å². The topological polar surface area (TPSA) is 84.5 Å². The van der Waals surface area contributed by atoms with Crippen molar-refractivity contribution in [2.24, 2.45) is 0 Å². The number of methoxy groups -OCH3 is 1. The highest BCUT2D eigenvalue weighted by Crippen LogP contribution is 2.30. The second-order valence-corrected chi connectivity index (χ2v) is 6.63. The number of rotatable bonds is 5. The van der Waals surface area contributed by atoms with Gasteiger partial charge in [0.15, 0.2) is 0 Å². The summed E-state index contributed by atoms with van der Waals surface area (Å²) in [4.78, 5) is 36.1. The van der Waals surface area contributed by atoms with Gasteiger partial charge in [0.25, 0.3) is 11.8 Å². The third-order valence-corrected chi connectivity index (χ3v) is 4.42. The number of esters is 1. The number of hydrogen-bond acceptors (Lipinski definition) is 4. The van der Waals surface area contributed by atoms with Crippen molar-refractivity contribution in [3.63, 3.8) is 0 Å². The fraction of sp³-hybridized carbons (Fsp3) is 0.0870. The van der Waals surface area contributed by atoms with Crippen LogP contribution in [0, 0.1) is 0 Å². The monoisotopic (exact) mass is 442 g/mol. The molecule has 9 heteroatoms. The summed E-state index contributed by atoms with van der Waals surface area (Å²) in [5.74, 6) is -1.54. The Morgan fingerprint density at radius 3 is 1.75 bits per heavy atom. The van der Waals surface area contributed by atoms with Crippen LogP contribution in [0.1, 0.15) is 36.6 Å². The second-order valence-electron chi connectivity index (χ2n) is 6.63. The zero-order chi connectivity index (χ0) is 23.3. The first kappa shape index (κ1) is 22.5. The SMILES string of the molecule is COC(=O)c1ccc(C(=O)Nc2ccc(C(=O)Nc3cccc(C(F)(F)F)c3)cc2)cc1. The normalized spacial score (nSPS) is 10.9. The minimum atomic E-state index is -4.51. The Morgan fingerprint density at radius 2 is 1.22 bits per heavy atom. The van der Waals surface area contributed by atoms with Crippen molar-refractivity contribution in [2.45, 2.75) is 6.18 Å². The van der Waals surface area contributed by atoms with Crippen LogP contribution in [-0.2, 0) is 10.9 Å². The van der Waals surface area contributed by atoms with E-state index < -0.39 is 29.5 Å². The molecule has 3 rings (SSSR count). The van der Waals surface area contributed by atoms with Crippen molar-refractivity contribution >= 4 is 29.2 Å². The zero-order valence-electron chi connectivity index (χ0n) is 16.7. The third kappa shape index (κ3) is 5.51. The van der Waals surface area contributed by atoms with Crippen LogP contribution < -0.4 is 10.6 Å². The van der Waals surface area contributed by atoms with E-state index in [1.165, 1.54) is 67.8 Å². The molecule has 6 nitrogen and oxygen atoms in total. The number of halogens is 3. The average Bonchev–Trinajstić information content (AvgIpc) is 2.78. The first-order valence-corrected chi connectivity index (χ1v) is 9.26. The molecule has 0 aliphatic heterocycles. The number of amides is 2. The van der Waals surface area contributed by atoms with E-state index in [2.05, 4.69) is 15.4 Å². The first-order valence-electron chi connectivity index (χ1n) is 9.26. The van der Waals surface area contributed by atoms with Crippen molar-refractivity contribution in [3.8, 4) is 0 Å². The van der Waals surface area contributed by atoms with Gasteiger partial charge < -0.3 is 15.4 Å². The number of anilines is 2. The average molecular weight is 442 g/mol. The fourth-order valence-electron chi connectivity index (χ4n) is 2.76. The summed E-state index contributed by atoms with van der Waals surface area (Å²) in [5, 5.41) is 5.06. The number of ether oxygens (including phenoxy) is 1. The summed E-state index contributed by atoms with van der Waals surface area (Å²) < 4.78 is 43.0. The highest BCUT2D eigenvalue weighted by molar-refractivity contribution is 6.06. The summed E-state index contributed by atoms with van der Waals surface area (Å²) in [6.07, 6.45) is -4.51. The van der Waals surface area contributed by atoms with Crippen LogP contribution in [0.2, 0.25) is 0 Å². The van der Waals surface area contributed by atoms with Crippen molar-refractivity contribution in [3.05, 3.63) is 95.1 Å². The lowest BCUT2D eigenvalue weighted by Crippen LogP contribution is -2.14. The molecule has 0 aliphatic carbocycles. The molecule has 164 valence electrons. The van der Waals surface area contributed by atoms with E-state index in [4.69, 9.17) is 0 Å². The summed E-state index contributed by atoms with van der Waals surface area (Å²) in [7, 11) is 1.26. The van der Waals surface area contributed by atoms with Gasteiger partial charge in [0, 0.05) is 22.5 Å². The molecule has 2 amide bonds. The summed E-state index contributed by atoms with van der Waals surface area (Å²) >= 11 is 0. The van der Waals surface area contributed by atoms with Gasteiger partial charge in [-0.1, -0.05) is 6.07 Å². The van der Waals surface area contributed by atoms with E-state index in [0.29, 0.717) is 16.8 Å². The molecule has 0 saturated carbocycles. The minimum absolute atomic E-state index is 0.0117. The molecule has 0 bridgehead atoms. The molecule has 0 spiro atoms. The van der Waals surface area contributed by atoms with E-state index in [-0.39, 0.29) is 11.3 Å². The van der Waals surface area contributed by atoms with Crippen LogP contribution in [0.15, 0.2) is 72.8 Å². The van der Waals surface area contributed by atoms with Crippen LogP contribution in [0.4, 0.5) is 24.5 Å². The number of alkyl halides is 3. The third-order valence-electron chi connectivity index (χ3n) is 4.42. The smallest absolute Gasteiger partial charge is 0.416 e. The lowest BCUT2D eigenvalue weighted by molar-refractivity contribution is -0.137. The molecule has 0 radical (unpaired) electrons. The fourth-order valence-corrected chi connectivity index (χ4v) is 2.76. The highest BCUT2D eigenvalue weighted by Gasteiger charge is 2.30. The van der Waals surface area contributed by atoms with Gasteiger partial charge in [0.05, 0.1) is 18.2 Å². The second kappa shape index (κ2) is 9.34. The lowest BCUT2D eigenvalue weighted by atomic mass is 10.1. The Balaban J connectivity index is 1.64. The predicted molar refractivity (Wildman–Crippen MR) is 112 cm³/mol. The standard InChI is InChI=1S/C23H17F3N2O4/c1-32-22(31)16-7-5-14(6-8-16)20(29)27-18-11-9-15(10-12-18)21(30)28-19-4-2-3-17(13-19)23(24,25)26/h2-13H,1H3,(H,27,29)(H,28,30). The molecule has 0 aliphatic rings. The van der Waals surface area contributed by atoms with Crippen LogP contribution in [0.5, 0.6) is 0 Å². The van der Waals surface area contributed by atoms with Gasteiger partial charge in [-0.25, -0.2) is 4.79 Å². The van der Waals surface area contributed by atoms with Gasteiger partial charge in [0.1, 0.15) is 0 Å². The number of carbonyl (C=O) groups excluding carboxylic acids is 3. The number of benzene rings is 3. The Kier molecular flexibility index (Phi) is 6.58. The molecule has 0 atom stereocenters. The summed E-state index contributed by atoms with van der Waals surface area (Å²) in [5.41, 5.74) is 0.361. The van der Waals surface area contributed by atoms with Crippen LogP contribution in [0.3, 0.4) is 0 Å². The van der Waals surface area contributed by atoms with Gasteiger partial charge in [-0.2, -0.15) is 13.2 Å². The maximum Gasteiger partial charge on any atom is 0.416 e. The number of carbonyl (C=O) groups is 3. The molecule has 3 aromatic rings. The predicted octanol–water partition coefficient (Wildman–Crippen LogP) is 5.00. The molecule has 32 heavy (non-hydrogen) atoms. The van der Waals surface area contributed by atoms with E-state index in [0.717, 1.165) is 12.1 Å². The molecule has 2 N–H and O–H groups in total. The number of hydrogen-bond donors (Lipinski definition) is 2. The summed E-state index contributed by atoms with van der Waals surface area (Å²) in [6, 6.07) is 16.0. The van der Waals surface area contributed by atoms with E-state index in [9.17, 15) is 27.6 Å². The van der Waals surface area contributed by atoms with Crippen molar-refractivity contribution in [2.75, 3.05) is 17.7 Å². The van der Waals surface area contributed by atoms with Gasteiger partial charge in [0.2, 0.25) is 0 Å². The Labute approximate surface area is 181 Å². The minimum Gasteiger partial charge on any atom is -0.465 e. The maximum absolute atomic E-state index is 12.8. The first-order chi connectivity index (χ1) is 15.2. The van der Waals surface area contributed by atoms with Crippen molar-refractivity contribution in [1.82, 2.24) is 0 Å². The quantitative estimate of drug-likeness (QED) is 0.545. The largest absolute Gasteiger partial charge is 0.465 e. The van der Waals surface area contributed by atoms with Gasteiger partial charge in [-0.3, -0.25) is 9.59 Å². The van der Waals surface area contributed by atoms with E-state index in [1.807, 2.05) is 0 Å². The molecular weight excluding hydrogens is 425 g/mol. The van der Waals surface area contributed by atoms with Crippen LogP contribution in [0.25, 0.3) is 0 Å². The van der Waals surface area contributed by atoms with Gasteiger partial charge in [-0.05, 0) is 66.7 Å². The molecule has 0 heterocycles. The van der Waals surface area contributed by atoms with Crippen molar-refractivity contribution < 1.29 is 32.3 Å². The molecular formula is C23H17F3N2O4. The van der Waals surface area contributed by atoms with Gasteiger partial charge >= 0.3 is 12.1 Å². The molecule has 0 aromatic heterocycles. The van der Waals surface area contributed by atoms with E-state index >= 15 is 0 Å². The highest BCUT2D eigenvalue weighted by atomic mass is 19.4. The lowest BCUT2D eigenvalue weighted by Gasteiger charge is -2.10. The molecule has 0 saturated heterocycles. The zero-order valence-corrected chi connectivity index (χ0v) is 16.7. The van der Waals surface area contributed by atoms with Gasteiger partial charge in [-0.15, -0.1) is 0 Å². The Morgan fingerprint density at radius 1 is 0.719 bits per heavy atom. The Hall–Kier alpha value is -4.14. The number of nitrogens with one attached hydrogen (secondary N) is 2. The van der Waals surface area contributed by atoms with Crippen LogP contribution >= 0.6 is 0 Å². The molecule has 0 unspecified atom stereocenters. The summed E-state index contributed by atoms with van der Waals surface area (Å²) in [6.45, 7) is 0.